The number of phenolic OH excluding ortho intramolecular Hbond substituents is 2. The van der Waals surface area contributed by atoms with E-state index in [4.69, 9.17) is 49.0 Å². The number of aromatic hydroxyl groups is 2. The first-order chi connectivity index (χ1) is 33.0. The summed E-state index contributed by atoms with van der Waals surface area (Å²) < 4.78 is 17.4. The van der Waals surface area contributed by atoms with Crippen molar-refractivity contribution < 1.29 is 34.0 Å². The minimum Gasteiger partial charge on any atom is -0.507 e. The van der Waals surface area contributed by atoms with Crippen molar-refractivity contribution in [3.63, 3.8) is 0 Å². The normalized spacial score (nSPS) is 17.0. The third-order valence-corrected chi connectivity index (χ3v) is 13.4. The molecule has 0 radical (unpaired) electrons. The number of carbonyl (C=O) groups is 2. The number of anilines is 3. The Bertz CT molecular complexity index is 3010. The van der Waals surface area contributed by atoms with Gasteiger partial charge in [-0.25, -0.2) is 9.59 Å². The molecule has 0 spiro atoms. The highest BCUT2D eigenvalue weighted by Gasteiger charge is 2.38. The van der Waals surface area contributed by atoms with E-state index in [-0.39, 0.29) is 23.7 Å². The van der Waals surface area contributed by atoms with Crippen molar-refractivity contribution in [2.45, 2.75) is 77.1 Å². The van der Waals surface area contributed by atoms with Crippen molar-refractivity contribution in [2.75, 3.05) is 52.4 Å². The molecule has 10 rings (SSSR count). The number of nitrogens with one attached hydrogen (secondary N) is 1. The van der Waals surface area contributed by atoms with Crippen molar-refractivity contribution >= 4 is 96.4 Å². The van der Waals surface area contributed by atoms with Gasteiger partial charge < -0.3 is 29.7 Å². The Morgan fingerprint density at radius 3 is 1.48 bits per heavy atom. The summed E-state index contributed by atoms with van der Waals surface area (Å²) in [5.41, 5.74) is 5.78. The molecule has 7 aromatic rings. The maximum Gasteiger partial charge on any atom is 0.414 e. The van der Waals surface area contributed by atoms with Gasteiger partial charge in [0.1, 0.15) is 35.1 Å². The highest BCUT2D eigenvalue weighted by atomic mass is 35.5. The number of carbonyl (C=O) groups excluding carboxylic acids is 2. The monoisotopic (exact) mass is 989 g/mol. The van der Waals surface area contributed by atoms with Gasteiger partial charge in [-0.05, 0) is 80.0 Å². The Morgan fingerprint density at radius 2 is 0.986 bits per heavy atom. The third-order valence-electron chi connectivity index (χ3n) is 12.3. The molecule has 0 fully saturated rings. The van der Waals surface area contributed by atoms with Crippen LogP contribution in [0.15, 0.2) is 121 Å². The molecule has 3 atom stereocenters. The summed E-state index contributed by atoms with van der Waals surface area (Å²) in [6, 6.07) is 39.1. The first-order valence-electron chi connectivity index (χ1n) is 23.1. The average Bonchev–Trinajstić information content (AvgIpc) is 4.04. The van der Waals surface area contributed by atoms with Gasteiger partial charge in [-0.2, -0.15) is 0 Å². The minimum atomic E-state index is -0.574. The fourth-order valence-electron chi connectivity index (χ4n) is 9.36. The fraction of sp³-hybridized carbons (Fsp3) is 0.321. The molecule has 3 aliphatic rings. The average molecular weight is 991 g/mol. The van der Waals surface area contributed by atoms with Crippen LogP contribution in [0.2, 0.25) is 0 Å². The van der Waals surface area contributed by atoms with Crippen LogP contribution in [0.5, 0.6) is 17.2 Å². The van der Waals surface area contributed by atoms with Crippen molar-refractivity contribution in [1.82, 2.24) is 0 Å². The summed E-state index contributed by atoms with van der Waals surface area (Å²) >= 11 is 18.4. The lowest BCUT2D eigenvalue weighted by molar-refractivity contribution is 0.0571. The fourth-order valence-corrected chi connectivity index (χ4v) is 10.1. The maximum absolute atomic E-state index is 12.9. The molecule has 13 heteroatoms. The highest BCUT2D eigenvalue weighted by molar-refractivity contribution is 6.20. The number of benzene rings is 7. The molecule has 10 nitrogen and oxygen atoms in total. The molecule has 7 aromatic carbocycles. The summed E-state index contributed by atoms with van der Waals surface area (Å²) in [5.74, 6) is 3.07. The zero-order valence-corrected chi connectivity index (χ0v) is 42.0. The van der Waals surface area contributed by atoms with Gasteiger partial charge >= 0.3 is 12.2 Å². The number of hydrogen-bond acceptors (Lipinski definition) is 8. The van der Waals surface area contributed by atoms with Crippen LogP contribution in [0.25, 0.3) is 32.3 Å². The van der Waals surface area contributed by atoms with E-state index >= 15 is 0 Å². The third kappa shape index (κ3) is 10.6. The first-order valence-corrected chi connectivity index (χ1v) is 24.7. The van der Waals surface area contributed by atoms with Crippen molar-refractivity contribution in [3.05, 3.63) is 144 Å². The number of halogens is 3. The molecular weight excluding hydrogens is 933 g/mol. The summed E-state index contributed by atoms with van der Waals surface area (Å²) in [5, 5.41) is 29.3. The van der Waals surface area contributed by atoms with Crippen LogP contribution in [-0.2, 0) is 16.1 Å². The lowest BCUT2D eigenvalue weighted by Crippen LogP contribution is -2.36. The van der Waals surface area contributed by atoms with E-state index in [1.54, 1.807) is 21.9 Å². The lowest BCUT2D eigenvalue weighted by Gasteiger charge is -2.25. The van der Waals surface area contributed by atoms with E-state index in [1.807, 2.05) is 139 Å². The van der Waals surface area contributed by atoms with Crippen LogP contribution < -0.4 is 19.9 Å². The molecule has 3 aliphatic heterocycles. The SMILES string of the molecule is CC(C)(C)OC(=O)N1C[C@@H](CCl)c2c1cc(O)c1ccccc21.CC(C)(C)OC(=O)N1C[C@@H](CCl)c2c1cc(OCc1ccccc1)c1ccccc21.Oc1cc2c(c3ccccc13)[C@H](CCl)CN2. The van der Waals surface area contributed by atoms with Crippen molar-refractivity contribution in [2.24, 2.45) is 0 Å². The molecule has 0 aliphatic carbocycles. The number of alkyl halides is 3. The van der Waals surface area contributed by atoms with E-state index < -0.39 is 17.3 Å². The Morgan fingerprint density at radius 1 is 0.565 bits per heavy atom. The van der Waals surface area contributed by atoms with E-state index in [2.05, 4.69) is 17.4 Å². The van der Waals surface area contributed by atoms with Gasteiger partial charge in [-0.3, -0.25) is 9.80 Å². The molecule has 360 valence electrons. The topological polar surface area (TPSA) is 121 Å². The standard InChI is InChI=1S/C25H26ClNO3.C18H20ClNO3.C13H12ClNO/c1-25(2,3)30-24(28)27-15-18(14-26)23-20-12-8-7-11-19(20)22(13-21(23)27)29-16-17-9-5-4-6-10-17;1-18(2,3)23-17(22)20-10-11(9-19)16-13-7-5-4-6-12(13)15(21)8-14(16)20;14-6-8-7-15-11-5-12(16)9-3-1-2-4-10(9)13(8)11/h4-13,18H,14-16H2,1-3H3;4-8,11,21H,9-10H2,1-3H3;1-5,8,15-16H,6-7H2/t18-;11-;8-/m111/s1. The molecule has 0 aromatic heterocycles. The Balaban J connectivity index is 0.000000146. The minimum absolute atomic E-state index is 0.0182. The predicted octanol–water partition coefficient (Wildman–Crippen LogP) is 14.4. The largest absolute Gasteiger partial charge is 0.507 e. The summed E-state index contributed by atoms with van der Waals surface area (Å²) in [7, 11) is 0. The molecule has 0 unspecified atom stereocenters. The Labute approximate surface area is 418 Å². The Hall–Kier alpha value is -6.07. The van der Waals surface area contributed by atoms with Gasteiger partial charge in [0.15, 0.2) is 0 Å². The van der Waals surface area contributed by atoms with Gasteiger partial charge in [0.25, 0.3) is 0 Å². The summed E-state index contributed by atoms with van der Waals surface area (Å²) in [4.78, 5) is 28.7. The van der Waals surface area contributed by atoms with Gasteiger partial charge in [0, 0.05) is 95.1 Å². The lowest BCUT2D eigenvalue weighted by atomic mass is 9.95. The zero-order valence-electron chi connectivity index (χ0n) is 39.7. The molecule has 0 bridgehead atoms. The number of amides is 2. The second kappa shape index (κ2) is 20.5. The molecule has 2 amide bonds. The predicted molar refractivity (Wildman–Crippen MR) is 282 cm³/mol. The molecule has 3 heterocycles. The van der Waals surface area contributed by atoms with Crippen molar-refractivity contribution in [1.29, 1.82) is 0 Å². The molecule has 3 N–H and O–H groups in total. The van der Waals surface area contributed by atoms with Crippen LogP contribution in [0, 0.1) is 0 Å². The number of phenols is 2. The van der Waals surface area contributed by atoms with Crippen LogP contribution in [0.3, 0.4) is 0 Å². The Kier molecular flexibility index (Phi) is 14.7. The van der Waals surface area contributed by atoms with Gasteiger partial charge in [-0.1, -0.05) is 103 Å². The van der Waals surface area contributed by atoms with Crippen LogP contribution >= 0.6 is 34.8 Å². The second-order valence-corrected chi connectivity index (χ2v) is 20.4. The second-order valence-electron chi connectivity index (χ2n) is 19.5. The smallest absolute Gasteiger partial charge is 0.414 e. The van der Waals surface area contributed by atoms with Gasteiger partial charge in [0.2, 0.25) is 0 Å². The van der Waals surface area contributed by atoms with E-state index in [9.17, 15) is 19.8 Å². The number of fused-ring (bicyclic) bond motifs is 9. The molecule has 0 saturated carbocycles. The van der Waals surface area contributed by atoms with Gasteiger partial charge in [-0.15, -0.1) is 34.8 Å². The highest BCUT2D eigenvalue weighted by Crippen LogP contribution is 2.48. The summed E-state index contributed by atoms with van der Waals surface area (Å²) in [6.45, 7) is 13.4. The van der Waals surface area contributed by atoms with E-state index in [0.29, 0.717) is 54.7 Å². The number of rotatable bonds is 6. The maximum atomic E-state index is 12.9. The molecular formula is C56H58Cl3N3O7. The van der Waals surface area contributed by atoms with Crippen LogP contribution in [0.4, 0.5) is 26.7 Å². The number of ether oxygens (including phenoxy) is 3. The van der Waals surface area contributed by atoms with Gasteiger partial charge in [0.05, 0.1) is 11.4 Å². The van der Waals surface area contributed by atoms with Crippen LogP contribution in [0.1, 0.15) is 81.5 Å². The molecule has 0 saturated heterocycles. The molecule has 69 heavy (non-hydrogen) atoms. The van der Waals surface area contributed by atoms with E-state index in [0.717, 1.165) is 72.7 Å². The first kappa shape index (κ1) is 49.4. The quantitative estimate of drug-likeness (QED) is 0.141. The summed E-state index contributed by atoms with van der Waals surface area (Å²) in [6.07, 6.45) is -0.776. The van der Waals surface area contributed by atoms with Crippen molar-refractivity contribution in [3.8, 4) is 17.2 Å². The number of hydrogen-bond donors (Lipinski definition) is 3. The van der Waals surface area contributed by atoms with E-state index in [1.165, 1.54) is 5.56 Å². The zero-order chi connectivity index (χ0) is 49.2. The van der Waals surface area contributed by atoms with Crippen LogP contribution in [-0.4, -0.2) is 70.9 Å². The number of nitrogens with zero attached hydrogens (tertiary/aromatic N) is 2.